The lowest BCUT2D eigenvalue weighted by atomic mass is 10.0. The Morgan fingerprint density at radius 3 is 2.81 bits per heavy atom. The van der Waals surface area contributed by atoms with Crippen LogP contribution in [0, 0.1) is 5.92 Å². The summed E-state index contributed by atoms with van der Waals surface area (Å²) in [5.74, 6) is 0.429. The molecule has 16 heavy (non-hydrogen) atoms. The van der Waals surface area contributed by atoms with E-state index in [1.165, 1.54) is 5.56 Å². The number of carbonyl (C=O) groups is 1. The molecule has 0 fully saturated rings. The van der Waals surface area contributed by atoms with Crippen molar-refractivity contribution in [3.8, 4) is 0 Å². The second-order valence-electron chi connectivity index (χ2n) is 4.40. The van der Waals surface area contributed by atoms with Crippen LogP contribution in [0.2, 0.25) is 0 Å². The first-order valence-electron chi connectivity index (χ1n) is 5.43. The van der Waals surface area contributed by atoms with Gasteiger partial charge < -0.3 is 0 Å². The summed E-state index contributed by atoms with van der Waals surface area (Å²) in [4.78, 5) is 12.1. The molecule has 0 aromatic heterocycles. The maximum absolute atomic E-state index is 12.1. The summed E-state index contributed by atoms with van der Waals surface area (Å²) in [7, 11) is 0. The van der Waals surface area contributed by atoms with Gasteiger partial charge in [-0.05, 0) is 28.8 Å². The predicted molar refractivity (Wildman–Crippen MR) is 68.8 cm³/mol. The molecule has 0 amide bonds. The van der Waals surface area contributed by atoms with E-state index in [1.54, 1.807) is 0 Å². The summed E-state index contributed by atoms with van der Waals surface area (Å²) in [6, 6.07) is 10.2. The lowest BCUT2D eigenvalue weighted by molar-refractivity contribution is 0.0947. The van der Waals surface area contributed by atoms with Crippen LogP contribution in [0.3, 0.4) is 0 Å². The Labute approximate surface area is 103 Å². The summed E-state index contributed by atoms with van der Waals surface area (Å²) >= 11 is 3.53. The molecule has 0 N–H and O–H groups in total. The van der Waals surface area contributed by atoms with Crippen LogP contribution in [0.5, 0.6) is 0 Å². The first-order valence-corrected chi connectivity index (χ1v) is 6.22. The zero-order valence-electron chi connectivity index (χ0n) is 8.96. The van der Waals surface area contributed by atoms with Crippen molar-refractivity contribution in [2.75, 3.05) is 0 Å². The molecule has 1 nitrogen and oxygen atoms in total. The van der Waals surface area contributed by atoms with E-state index in [9.17, 15) is 4.79 Å². The van der Waals surface area contributed by atoms with Gasteiger partial charge >= 0.3 is 0 Å². The summed E-state index contributed by atoms with van der Waals surface area (Å²) in [6.07, 6.45) is 0.886. The molecule has 1 unspecified atom stereocenters. The predicted octanol–water partition coefficient (Wildman–Crippen LogP) is 3.98. The largest absolute Gasteiger partial charge is 0.294 e. The van der Waals surface area contributed by atoms with Gasteiger partial charge in [-0.25, -0.2) is 0 Å². The van der Waals surface area contributed by atoms with Crippen LogP contribution >= 0.6 is 15.9 Å². The first-order chi connectivity index (χ1) is 7.68. The molecular weight excluding hydrogens is 264 g/mol. The second-order valence-corrected chi connectivity index (χ2v) is 5.26. The van der Waals surface area contributed by atoms with Crippen LogP contribution < -0.4 is 0 Å². The van der Waals surface area contributed by atoms with Gasteiger partial charge in [0.1, 0.15) is 0 Å². The molecule has 0 aliphatic heterocycles. The Bertz CT molecular complexity index is 601. The minimum absolute atomic E-state index is 0.139. The van der Waals surface area contributed by atoms with Crippen LogP contribution in [0.25, 0.3) is 10.8 Å². The monoisotopic (exact) mass is 274 g/mol. The zero-order chi connectivity index (χ0) is 11.3. The Morgan fingerprint density at radius 1 is 1.19 bits per heavy atom. The summed E-state index contributed by atoms with van der Waals surface area (Å²) in [5, 5.41) is 2.21. The fraction of sp³-hybridized carbons (Fsp3) is 0.214. The molecular formula is C14H11BrO. The third-order valence-corrected chi connectivity index (χ3v) is 4.01. The van der Waals surface area contributed by atoms with E-state index in [4.69, 9.17) is 0 Å². The average molecular weight is 275 g/mol. The highest BCUT2D eigenvalue weighted by molar-refractivity contribution is 9.10. The molecule has 0 bridgehead atoms. The second kappa shape index (κ2) is 3.42. The highest BCUT2D eigenvalue weighted by Crippen LogP contribution is 2.35. The number of carbonyl (C=O) groups excluding carboxylic acids is 1. The van der Waals surface area contributed by atoms with Crippen LogP contribution in [0.15, 0.2) is 34.8 Å². The number of halogens is 1. The number of fused-ring (bicyclic) bond motifs is 3. The highest BCUT2D eigenvalue weighted by Gasteiger charge is 2.28. The number of hydrogen-bond acceptors (Lipinski definition) is 1. The van der Waals surface area contributed by atoms with Crippen LogP contribution in [-0.2, 0) is 6.42 Å². The number of hydrogen-bond donors (Lipinski definition) is 0. The quantitative estimate of drug-likeness (QED) is 0.710. The molecule has 2 aromatic carbocycles. The third kappa shape index (κ3) is 1.26. The molecule has 1 atom stereocenters. The normalized spacial score (nSPS) is 19.1. The molecule has 1 aliphatic carbocycles. The molecule has 2 aromatic rings. The molecule has 0 radical (unpaired) electrons. The van der Waals surface area contributed by atoms with Crippen molar-refractivity contribution in [1.29, 1.82) is 0 Å². The number of ketones is 1. The Kier molecular flexibility index (Phi) is 2.15. The standard InChI is InChI=1S/C14H11BrO/c1-8-7-9-5-6-10-11(13(9)14(8)16)3-2-4-12(10)15/h2-6,8H,7H2,1H3. The number of rotatable bonds is 0. The SMILES string of the molecule is CC1Cc2ccc3c(Br)cccc3c2C1=O. The van der Waals surface area contributed by atoms with Gasteiger partial charge in [0, 0.05) is 16.0 Å². The lowest BCUT2D eigenvalue weighted by Gasteiger charge is -2.05. The van der Waals surface area contributed by atoms with Crippen LogP contribution in [-0.4, -0.2) is 5.78 Å². The van der Waals surface area contributed by atoms with Gasteiger partial charge in [-0.3, -0.25) is 4.79 Å². The van der Waals surface area contributed by atoms with E-state index >= 15 is 0 Å². The Balaban J connectivity index is 2.42. The van der Waals surface area contributed by atoms with Gasteiger partial charge in [-0.1, -0.05) is 47.1 Å². The minimum Gasteiger partial charge on any atom is -0.294 e. The van der Waals surface area contributed by atoms with Crippen LogP contribution in [0.4, 0.5) is 0 Å². The van der Waals surface area contributed by atoms with Crippen LogP contribution in [0.1, 0.15) is 22.8 Å². The van der Waals surface area contributed by atoms with Gasteiger partial charge in [0.2, 0.25) is 0 Å². The van der Waals surface area contributed by atoms with E-state index in [0.717, 1.165) is 27.2 Å². The maximum Gasteiger partial charge on any atom is 0.166 e. The molecule has 80 valence electrons. The van der Waals surface area contributed by atoms with Crippen molar-refractivity contribution in [3.63, 3.8) is 0 Å². The molecule has 0 heterocycles. The molecule has 0 saturated heterocycles. The Hall–Kier alpha value is -1.15. The van der Waals surface area contributed by atoms with E-state index < -0.39 is 0 Å². The third-order valence-electron chi connectivity index (χ3n) is 3.31. The molecule has 1 aliphatic rings. The first kappa shape index (κ1) is 10.0. The molecule has 2 heteroatoms. The van der Waals surface area contributed by atoms with Crippen molar-refractivity contribution in [2.45, 2.75) is 13.3 Å². The van der Waals surface area contributed by atoms with Crippen molar-refractivity contribution >= 4 is 32.5 Å². The molecule has 0 saturated carbocycles. The number of benzene rings is 2. The van der Waals surface area contributed by atoms with Gasteiger partial charge in [-0.2, -0.15) is 0 Å². The van der Waals surface area contributed by atoms with E-state index in [0.29, 0.717) is 5.78 Å². The Morgan fingerprint density at radius 2 is 2.00 bits per heavy atom. The van der Waals surface area contributed by atoms with E-state index in [-0.39, 0.29) is 5.92 Å². The van der Waals surface area contributed by atoms with E-state index in [2.05, 4.69) is 28.1 Å². The van der Waals surface area contributed by atoms with Gasteiger partial charge in [0.05, 0.1) is 0 Å². The van der Waals surface area contributed by atoms with Crippen molar-refractivity contribution < 1.29 is 4.79 Å². The fourth-order valence-corrected chi connectivity index (χ4v) is 2.99. The average Bonchev–Trinajstić information content (AvgIpc) is 2.56. The minimum atomic E-state index is 0.139. The lowest BCUT2D eigenvalue weighted by Crippen LogP contribution is -2.03. The summed E-state index contributed by atoms with van der Waals surface area (Å²) < 4.78 is 1.06. The summed E-state index contributed by atoms with van der Waals surface area (Å²) in [6.45, 7) is 2.01. The molecule has 3 rings (SSSR count). The molecule has 0 spiro atoms. The smallest absolute Gasteiger partial charge is 0.166 e. The number of Topliss-reactive ketones (excluding diaryl/α,β-unsaturated/α-hetero) is 1. The van der Waals surface area contributed by atoms with E-state index in [1.807, 2.05) is 25.1 Å². The van der Waals surface area contributed by atoms with Crippen molar-refractivity contribution in [1.82, 2.24) is 0 Å². The van der Waals surface area contributed by atoms with Crippen molar-refractivity contribution in [3.05, 3.63) is 45.9 Å². The highest BCUT2D eigenvalue weighted by atomic mass is 79.9. The van der Waals surface area contributed by atoms with Gasteiger partial charge in [0.25, 0.3) is 0 Å². The van der Waals surface area contributed by atoms with Crippen molar-refractivity contribution in [2.24, 2.45) is 5.92 Å². The zero-order valence-corrected chi connectivity index (χ0v) is 10.5. The van der Waals surface area contributed by atoms with Gasteiger partial charge in [-0.15, -0.1) is 0 Å². The maximum atomic E-state index is 12.1. The topological polar surface area (TPSA) is 17.1 Å². The summed E-state index contributed by atoms with van der Waals surface area (Å²) in [5.41, 5.74) is 2.13. The fourth-order valence-electron chi connectivity index (χ4n) is 2.49. The van der Waals surface area contributed by atoms with Gasteiger partial charge in [0.15, 0.2) is 5.78 Å².